The molecule has 2 aromatic rings. The van der Waals surface area contributed by atoms with Crippen LogP contribution >= 0.6 is 11.3 Å². The molecule has 1 saturated heterocycles. The first kappa shape index (κ1) is 27.1. The molecule has 3 rings (SSSR count). The van der Waals surface area contributed by atoms with E-state index >= 15 is 0 Å². The molecule has 7 N–H and O–H groups in total. The van der Waals surface area contributed by atoms with Crippen molar-refractivity contribution in [3.63, 3.8) is 0 Å². The summed E-state index contributed by atoms with van der Waals surface area (Å²) >= 11 is 1.35. The Morgan fingerprint density at radius 1 is 1.31 bits per heavy atom. The van der Waals surface area contributed by atoms with E-state index in [2.05, 4.69) is 31.1 Å². The van der Waals surface area contributed by atoms with Gasteiger partial charge in [-0.2, -0.15) is 0 Å². The van der Waals surface area contributed by atoms with Crippen LogP contribution in [0.15, 0.2) is 51.6 Å². The van der Waals surface area contributed by atoms with E-state index < -0.39 is 0 Å². The zero-order valence-electron chi connectivity index (χ0n) is 20.4. The van der Waals surface area contributed by atoms with Gasteiger partial charge in [0.25, 0.3) is 5.91 Å². The molecule has 0 bridgehead atoms. The van der Waals surface area contributed by atoms with Gasteiger partial charge >= 0.3 is 0 Å². The molecule has 1 aromatic carbocycles. The molecule has 12 heteroatoms. The number of rotatable bonds is 15. The summed E-state index contributed by atoms with van der Waals surface area (Å²) in [6.45, 7) is 6.29. The molecule has 0 saturated carbocycles. The van der Waals surface area contributed by atoms with Gasteiger partial charge in [0.05, 0.1) is 5.57 Å². The number of anilines is 2. The Kier molecular flexibility index (Phi) is 11.2. The summed E-state index contributed by atoms with van der Waals surface area (Å²) in [4.78, 5) is 26.7. The number of hydrogen-bond acceptors (Lipinski definition) is 11. The first-order valence-corrected chi connectivity index (χ1v) is 12.7. The number of carbonyl (C=O) groups is 1. The first-order chi connectivity index (χ1) is 17.5. The SMILES string of the molecule is C/C(=N\OCCOc1ccc(NC(=O)C(/C=N/CC2CNC2)=C/NCCCN)cc1)c1csc(N)n1. The number of amides is 1. The largest absolute Gasteiger partial charge is 0.490 e. The van der Waals surface area contributed by atoms with Crippen molar-refractivity contribution in [3.8, 4) is 5.75 Å². The predicted octanol–water partition coefficient (Wildman–Crippen LogP) is 1.60. The summed E-state index contributed by atoms with van der Waals surface area (Å²) < 4.78 is 5.67. The summed E-state index contributed by atoms with van der Waals surface area (Å²) in [6.07, 6.45) is 4.11. The van der Waals surface area contributed by atoms with Crippen LogP contribution in [0.5, 0.6) is 5.75 Å². The summed E-state index contributed by atoms with van der Waals surface area (Å²) in [5.41, 5.74) is 13.6. The van der Waals surface area contributed by atoms with Crippen molar-refractivity contribution in [1.29, 1.82) is 0 Å². The number of aliphatic imine (C=N–C) groups is 1. The van der Waals surface area contributed by atoms with Crippen LogP contribution in [0.2, 0.25) is 0 Å². The van der Waals surface area contributed by atoms with Gasteiger partial charge in [-0.05, 0) is 44.2 Å². The summed E-state index contributed by atoms with van der Waals surface area (Å²) in [7, 11) is 0. The molecule has 11 nitrogen and oxygen atoms in total. The minimum absolute atomic E-state index is 0.247. The lowest BCUT2D eigenvalue weighted by Gasteiger charge is -2.24. The second kappa shape index (κ2) is 14.8. The third kappa shape index (κ3) is 9.29. The molecule has 0 aliphatic carbocycles. The highest BCUT2D eigenvalue weighted by atomic mass is 32.1. The maximum Gasteiger partial charge on any atom is 0.258 e. The molecule has 0 unspecified atom stereocenters. The molecule has 36 heavy (non-hydrogen) atoms. The van der Waals surface area contributed by atoms with Crippen molar-refractivity contribution in [1.82, 2.24) is 15.6 Å². The molecule has 0 radical (unpaired) electrons. The van der Waals surface area contributed by atoms with Gasteiger partial charge in [-0.3, -0.25) is 9.79 Å². The highest BCUT2D eigenvalue weighted by Crippen LogP contribution is 2.16. The molecular formula is C24H34N8O3S. The number of thiazole rings is 1. The molecule has 2 heterocycles. The molecular weight excluding hydrogens is 480 g/mol. The number of ether oxygens (including phenoxy) is 1. The predicted molar refractivity (Wildman–Crippen MR) is 145 cm³/mol. The number of oxime groups is 1. The van der Waals surface area contributed by atoms with E-state index in [0.717, 1.165) is 19.5 Å². The topological polar surface area (TPSA) is 161 Å². The Hall–Kier alpha value is -3.48. The van der Waals surface area contributed by atoms with Crippen LogP contribution in [0.25, 0.3) is 0 Å². The third-order valence-corrected chi connectivity index (χ3v) is 5.83. The molecule has 1 amide bonds. The van der Waals surface area contributed by atoms with Crippen LogP contribution in [0, 0.1) is 5.92 Å². The fourth-order valence-corrected chi connectivity index (χ4v) is 3.61. The van der Waals surface area contributed by atoms with Crippen molar-refractivity contribution in [3.05, 3.63) is 47.1 Å². The van der Waals surface area contributed by atoms with E-state index in [9.17, 15) is 4.79 Å². The van der Waals surface area contributed by atoms with E-state index in [-0.39, 0.29) is 12.5 Å². The number of hydrogen-bond donors (Lipinski definition) is 5. The van der Waals surface area contributed by atoms with E-state index in [0.29, 0.717) is 65.7 Å². The minimum Gasteiger partial charge on any atom is -0.490 e. The summed E-state index contributed by atoms with van der Waals surface area (Å²) in [6, 6.07) is 7.12. The maximum atomic E-state index is 12.8. The van der Waals surface area contributed by atoms with Gasteiger partial charge in [0.2, 0.25) is 0 Å². The molecule has 1 aliphatic rings. The number of benzene rings is 1. The number of nitrogen functional groups attached to an aromatic ring is 1. The molecule has 0 spiro atoms. The smallest absolute Gasteiger partial charge is 0.258 e. The number of carbonyl (C=O) groups excluding carboxylic acids is 1. The molecule has 1 aromatic heterocycles. The fraction of sp³-hybridized carbons (Fsp3) is 0.417. The van der Waals surface area contributed by atoms with Crippen LogP contribution in [-0.4, -0.2) is 68.8 Å². The van der Waals surface area contributed by atoms with Gasteiger partial charge in [-0.15, -0.1) is 11.3 Å². The molecule has 0 atom stereocenters. The first-order valence-electron chi connectivity index (χ1n) is 11.8. The second-order valence-corrected chi connectivity index (χ2v) is 9.01. The van der Waals surface area contributed by atoms with Crippen LogP contribution in [0.4, 0.5) is 10.8 Å². The van der Waals surface area contributed by atoms with E-state index in [1.54, 1.807) is 43.6 Å². The molecule has 1 aliphatic heterocycles. The third-order valence-electron chi connectivity index (χ3n) is 5.15. The fourth-order valence-electron chi connectivity index (χ4n) is 3.00. The lowest BCUT2D eigenvalue weighted by atomic mass is 10.0. The Morgan fingerprint density at radius 3 is 2.78 bits per heavy atom. The lowest BCUT2D eigenvalue weighted by molar-refractivity contribution is -0.112. The van der Waals surface area contributed by atoms with Crippen molar-refractivity contribution < 1.29 is 14.4 Å². The van der Waals surface area contributed by atoms with Gasteiger partial charge in [-0.25, -0.2) is 4.98 Å². The van der Waals surface area contributed by atoms with Gasteiger partial charge in [0, 0.05) is 55.6 Å². The number of nitrogens with zero attached hydrogens (tertiary/aromatic N) is 3. The average Bonchev–Trinajstić information content (AvgIpc) is 3.29. The Balaban J connectivity index is 1.44. The number of nitrogens with two attached hydrogens (primary N) is 2. The van der Waals surface area contributed by atoms with Crippen molar-refractivity contribution in [2.75, 3.05) is 57.0 Å². The summed E-state index contributed by atoms with van der Waals surface area (Å²) in [5, 5.41) is 15.6. The van der Waals surface area contributed by atoms with Gasteiger partial charge in [0.1, 0.15) is 23.8 Å². The van der Waals surface area contributed by atoms with Crippen molar-refractivity contribution in [2.24, 2.45) is 21.8 Å². The van der Waals surface area contributed by atoms with Crippen molar-refractivity contribution >= 4 is 40.0 Å². The quantitative estimate of drug-likeness (QED) is 0.104. The van der Waals surface area contributed by atoms with E-state index in [1.165, 1.54) is 11.3 Å². The lowest BCUT2D eigenvalue weighted by Crippen LogP contribution is -2.43. The normalized spacial score (nSPS) is 14.5. The van der Waals surface area contributed by atoms with Crippen LogP contribution in [0.1, 0.15) is 19.0 Å². The number of aromatic nitrogens is 1. The van der Waals surface area contributed by atoms with Crippen LogP contribution in [-0.2, 0) is 9.63 Å². The monoisotopic (exact) mass is 514 g/mol. The molecule has 1 fully saturated rings. The van der Waals surface area contributed by atoms with Crippen molar-refractivity contribution in [2.45, 2.75) is 13.3 Å². The highest BCUT2D eigenvalue weighted by molar-refractivity contribution is 7.13. The minimum atomic E-state index is -0.247. The maximum absolute atomic E-state index is 12.8. The average molecular weight is 515 g/mol. The van der Waals surface area contributed by atoms with Crippen LogP contribution in [0.3, 0.4) is 0 Å². The summed E-state index contributed by atoms with van der Waals surface area (Å²) in [5.74, 6) is 0.934. The van der Waals surface area contributed by atoms with Gasteiger partial charge < -0.3 is 37.0 Å². The Bertz CT molecular complexity index is 1050. The van der Waals surface area contributed by atoms with E-state index in [4.69, 9.17) is 21.0 Å². The van der Waals surface area contributed by atoms with Crippen LogP contribution < -0.4 is 32.2 Å². The number of nitrogens with one attached hydrogen (secondary N) is 3. The van der Waals surface area contributed by atoms with E-state index in [1.807, 2.05) is 5.38 Å². The Morgan fingerprint density at radius 2 is 2.11 bits per heavy atom. The molecule has 194 valence electrons. The zero-order valence-corrected chi connectivity index (χ0v) is 21.2. The standard InChI is InChI=1S/C24H34N8O3S/c1-17(22-16-36-24(26)31-22)32-35-10-9-34-21-5-3-20(4-6-21)30-23(33)19(14-27-8-2-7-25)15-29-13-18-11-28-12-18/h3-6,14-16,18,27-28H,2,7-13,25H2,1H3,(H2,26,31)(H,30,33)/b19-14+,29-15+,32-17+. The second-order valence-electron chi connectivity index (χ2n) is 8.12. The zero-order chi connectivity index (χ0) is 25.6. The van der Waals surface area contributed by atoms with Gasteiger partial charge in [-0.1, -0.05) is 5.16 Å². The van der Waals surface area contributed by atoms with Gasteiger partial charge in [0.15, 0.2) is 11.7 Å². The Labute approximate surface area is 215 Å². The highest BCUT2D eigenvalue weighted by Gasteiger charge is 2.15.